The van der Waals surface area contributed by atoms with Crippen molar-refractivity contribution < 1.29 is 9.59 Å². The molecule has 0 saturated carbocycles. The van der Waals surface area contributed by atoms with E-state index in [1.54, 1.807) is 18.5 Å². The molecule has 0 bridgehead atoms. The van der Waals surface area contributed by atoms with Gasteiger partial charge in [0, 0.05) is 45.0 Å². The summed E-state index contributed by atoms with van der Waals surface area (Å²) in [7, 11) is 0. The first-order valence-electron chi connectivity index (χ1n) is 9.88. The molecule has 1 aromatic carbocycles. The normalized spacial score (nSPS) is 18.2. The third kappa shape index (κ3) is 3.98. The Labute approximate surface area is 164 Å². The van der Waals surface area contributed by atoms with Gasteiger partial charge in [0.1, 0.15) is 6.04 Å². The van der Waals surface area contributed by atoms with Crippen molar-refractivity contribution in [2.75, 3.05) is 18.0 Å². The summed E-state index contributed by atoms with van der Waals surface area (Å²) < 4.78 is 0. The van der Waals surface area contributed by atoms with Gasteiger partial charge < -0.3 is 15.1 Å². The molecule has 1 atom stereocenters. The van der Waals surface area contributed by atoms with Gasteiger partial charge in [-0.05, 0) is 36.5 Å². The number of rotatable bonds is 6. The highest BCUT2D eigenvalue weighted by atomic mass is 16.2. The van der Waals surface area contributed by atoms with E-state index in [1.165, 1.54) is 11.1 Å². The minimum atomic E-state index is -0.230. The summed E-state index contributed by atoms with van der Waals surface area (Å²) in [6.45, 7) is 2.67. The van der Waals surface area contributed by atoms with E-state index in [2.05, 4.69) is 27.4 Å². The number of nitrogens with one attached hydrogen (secondary N) is 1. The van der Waals surface area contributed by atoms with Crippen LogP contribution in [0.2, 0.25) is 0 Å². The minimum Gasteiger partial charge on any atom is -0.354 e. The van der Waals surface area contributed by atoms with Crippen LogP contribution in [0, 0.1) is 0 Å². The Hall–Kier alpha value is -2.96. The number of fused-ring (bicyclic) bond motifs is 1. The van der Waals surface area contributed by atoms with Gasteiger partial charge in [-0.2, -0.15) is 0 Å². The number of aromatic nitrogens is 2. The fraction of sp³-hybridized carbons (Fsp3) is 0.429. The highest BCUT2D eigenvalue weighted by Gasteiger charge is 2.32. The van der Waals surface area contributed by atoms with Crippen molar-refractivity contribution in [3.63, 3.8) is 0 Å². The molecule has 1 N–H and O–H groups in total. The third-order valence-electron chi connectivity index (χ3n) is 5.42. The summed E-state index contributed by atoms with van der Waals surface area (Å²) in [6.07, 6.45) is 6.23. The zero-order chi connectivity index (χ0) is 19.3. The summed E-state index contributed by atoms with van der Waals surface area (Å²) in [5.74, 6) is 0.737. The summed E-state index contributed by atoms with van der Waals surface area (Å²) >= 11 is 0. The molecule has 1 fully saturated rings. The van der Waals surface area contributed by atoms with Crippen molar-refractivity contribution in [2.45, 2.75) is 44.8 Å². The van der Waals surface area contributed by atoms with Crippen LogP contribution in [0.5, 0.6) is 0 Å². The monoisotopic (exact) mass is 379 g/mol. The molecular weight excluding hydrogens is 354 g/mol. The number of amides is 2. The Morgan fingerprint density at radius 3 is 2.50 bits per heavy atom. The highest BCUT2D eigenvalue weighted by molar-refractivity contribution is 5.85. The Kier molecular flexibility index (Phi) is 5.50. The molecule has 0 radical (unpaired) electrons. The maximum absolute atomic E-state index is 12.6. The molecule has 28 heavy (non-hydrogen) atoms. The fourth-order valence-electron chi connectivity index (χ4n) is 3.95. The second-order valence-electron chi connectivity index (χ2n) is 7.31. The molecule has 0 spiro atoms. The number of benzene rings is 1. The van der Waals surface area contributed by atoms with Crippen molar-refractivity contribution in [3.05, 3.63) is 53.9 Å². The summed E-state index contributed by atoms with van der Waals surface area (Å²) in [5.41, 5.74) is 2.46. The van der Waals surface area contributed by atoms with Crippen molar-refractivity contribution in [1.82, 2.24) is 20.2 Å². The van der Waals surface area contributed by atoms with E-state index >= 15 is 0 Å². The van der Waals surface area contributed by atoms with Gasteiger partial charge in [-0.25, -0.2) is 9.97 Å². The molecule has 4 rings (SSSR count). The first kappa shape index (κ1) is 18.4. The lowest BCUT2D eigenvalue weighted by Gasteiger charge is -2.23. The summed E-state index contributed by atoms with van der Waals surface area (Å²) in [4.78, 5) is 37.4. The molecule has 1 saturated heterocycles. The predicted molar refractivity (Wildman–Crippen MR) is 105 cm³/mol. The van der Waals surface area contributed by atoms with Gasteiger partial charge in [0.15, 0.2) is 0 Å². The Morgan fingerprint density at radius 1 is 1.07 bits per heavy atom. The fourth-order valence-corrected chi connectivity index (χ4v) is 3.95. The number of hydrogen-bond acceptors (Lipinski definition) is 5. The maximum atomic E-state index is 12.6. The Balaban J connectivity index is 1.21. The number of anilines is 1. The zero-order valence-corrected chi connectivity index (χ0v) is 15.9. The molecule has 146 valence electrons. The van der Waals surface area contributed by atoms with Crippen LogP contribution in [0.15, 0.2) is 42.7 Å². The molecular formula is C21H25N5O2. The average Bonchev–Trinajstić information content (AvgIpc) is 3.38. The number of carbonyl (C=O) groups excluding carboxylic acids is 2. The Bertz CT molecular complexity index is 817. The van der Waals surface area contributed by atoms with Gasteiger partial charge in [0.25, 0.3) is 0 Å². The van der Waals surface area contributed by atoms with Gasteiger partial charge in [0.2, 0.25) is 17.8 Å². The smallest absolute Gasteiger partial charge is 0.242 e. The summed E-state index contributed by atoms with van der Waals surface area (Å²) in [5, 5.41) is 2.98. The lowest BCUT2D eigenvalue weighted by atomic mass is 10.1. The zero-order valence-electron chi connectivity index (χ0n) is 15.9. The number of hydrogen-bond donors (Lipinski definition) is 1. The molecule has 1 aromatic heterocycles. The van der Waals surface area contributed by atoms with Crippen molar-refractivity contribution in [2.24, 2.45) is 0 Å². The van der Waals surface area contributed by atoms with E-state index < -0.39 is 0 Å². The quantitative estimate of drug-likeness (QED) is 0.776. The first-order chi connectivity index (χ1) is 13.7. The van der Waals surface area contributed by atoms with E-state index in [-0.39, 0.29) is 17.9 Å². The Morgan fingerprint density at radius 2 is 1.79 bits per heavy atom. The molecule has 2 aliphatic heterocycles. The van der Waals surface area contributed by atoms with Gasteiger partial charge in [-0.1, -0.05) is 24.3 Å². The summed E-state index contributed by atoms with van der Waals surface area (Å²) in [6, 6.07) is 9.71. The van der Waals surface area contributed by atoms with Crippen molar-refractivity contribution in [1.29, 1.82) is 0 Å². The first-order valence-corrected chi connectivity index (χ1v) is 9.88. The molecule has 7 nitrogen and oxygen atoms in total. The van der Waals surface area contributed by atoms with Crippen LogP contribution in [-0.2, 0) is 22.7 Å². The van der Waals surface area contributed by atoms with Crippen LogP contribution < -0.4 is 10.2 Å². The largest absolute Gasteiger partial charge is 0.354 e. The van der Waals surface area contributed by atoms with Crippen LogP contribution in [0.4, 0.5) is 5.95 Å². The highest BCUT2D eigenvalue weighted by Crippen LogP contribution is 2.23. The lowest BCUT2D eigenvalue weighted by Crippen LogP contribution is -2.44. The third-order valence-corrected chi connectivity index (χ3v) is 5.42. The number of carbonyl (C=O) groups is 2. The average molecular weight is 379 g/mol. The van der Waals surface area contributed by atoms with Crippen LogP contribution >= 0.6 is 0 Å². The molecule has 2 aliphatic rings. The topological polar surface area (TPSA) is 78.4 Å². The standard InChI is InChI=1S/C21H25N5O2/c27-19(25-14-16-6-1-2-7-17(16)15-25)9-3-10-22-20(28)18-8-4-13-26(18)21-23-11-5-12-24-21/h1-2,5-7,11-12,18H,3-4,8-10,13-15H2,(H,22,28)/t18-/m0/s1. The van der Waals surface area contributed by atoms with E-state index in [4.69, 9.17) is 0 Å². The van der Waals surface area contributed by atoms with Crippen LogP contribution in [0.1, 0.15) is 36.8 Å². The molecule has 2 amide bonds. The molecule has 3 heterocycles. The second-order valence-corrected chi connectivity index (χ2v) is 7.31. The van der Waals surface area contributed by atoms with E-state index in [0.717, 1.165) is 19.4 Å². The van der Waals surface area contributed by atoms with E-state index in [0.29, 0.717) is 38.4 Å². The van der Waals surface area contributed by atoms with Crippen molar-refractivity contribution in [3.8, 4) is 0 Å². The maximum Gasteiger partial charge on any atom is 0.242 e. The SMILES string of the molecule is O=C(NCCCC(=O)N1Cc2ccccc2C1)[C@@H]1CCCN1c1ncccn1. The lowest BCUT2D eigenvalue weighted by molar-refractivity contribution is -0.132. The second kappa shape index (κ2) is 8.37. The number of nitrogens with zero attached hydrogens (tertiary/aromatic N) is 4. The molecule has 0 aliphatic carbocycles. The van der Waals surface area contributed by atoms with Crippen LogP contribution in [0.25, 0.3) is 0 Å². The van der Waals surface area contributed by atoms with E-state index in [9.17, 15) is 9.59 Å². The van der Waals surface area contributed by atoms with Crippen LogP contribution in [0.3, 0.4) is 0 Å². The molecule has 0 unspecified atom stereocenters. The van der Waals surface area contributed by atoms with Crippen LogP contribution in [-0.4, -0.2) is 45.8 Å². The van der Waals surface area contributed by atoms with Gasteiger partial charge in [0.05, 0.1) is 0 Å². The minimum absolute atomic E-state index is 0.00835. The van der Waals surface area contributed by atoms with Gasteiger partial charge in [-0.15, -0.1) is 0 Å². The van der Waals surface area contributed by atoms with Gasteiger partial charge in [-0.3, -0.25) is 9.59 Å². The van der Waals surface area contributed by atoms with E-state index in [1.807, 2.05) is 21.9 Å². The van der Waals surface area contributed by atoms with Crippen molar-refractivity contribution >= 4 is 17.8 Å². The molecule has 7 heteroatoms. The predicted octanol–water partition coefficient (Wildman–Crippen LogP) is 1.88. The van der Waals surface area contributed by atoms with Gasteiger partial charge >= 0.3 is 0 Å². The molecule has 2 aromatic rings.